The molecule has 0 aliphatic carbocycles. The minimum absolute atomic E-state index is 0.245. The molecule has 0 heterocycles. The van der Waals surface area contributed by atoms with Crippen LogP contribution in [-0.4, -0.2) is 24.3 Å². The molecule has 0 aromatic heterocycles. The number of carbonyl (C=O) groups is 3. The van der Waals surface area contributed by atoms with Crippen molar-refractivity contribution in [3.8, 4) is 6.07 Å². The van der Waals surface area contributed by atoms with Crippen LogP contribution in [0, 0.1) is 11.3 Å². The first-order valence-electron chi connectivity index (χ1n) is 9.09. The number of nitriles is 1. The number of anilines is 1. The molecule has 0 saturated carbocycles. The van der Waals surface area contributed by atoms with E-state index in [1.165, 1.54) is 29.8 Å². The lowest BCUT2D eigenvalue weighted by atomic mass is 10.0. The van der Waals surface area contributed by atoms with Crippen molar-refractivity contribution in [2.75, 3.05) is 11.9 Å². The molecule has 2 rings (SSSR count). The quantitative estimate of drug-likeness (QED) is 0.527. The fraction of sp³-hybridized carbons (Fsp3) is 0.273. The maximum Gasteiger partial charge on any atom is 0.338 e. The van der Waals surface area contributed by atoms with E-state index >= 15 is 0 Å². The summed E-state index contributed by atoms with van der Waals surface area (Å²) in [5.41, 5.74) is 2.41. The summed E-state index contributed by atoms with van der Waals surface area (Å²) in [6.07, 6.45) is 2.95. The molecule has 1 N–H and O–H groups in total. The molecule has 0 saturated heterocycles. The zero-order valence-corrected chi connectivity index (χ0v) is 15.7. The van der Waals surface area contributed by atoms with Gasteiger partial charge in [0.1, 0.15) is 6.42 Å². The minimum Gasteiger partial charge on any atom is -0.454 e. The highest BCUT2D eigenvalue weighted by Crippen LogP contribution is 2.12. The number of hydrogen-bond acceptors (Lipinski definition) is 5. The topological polar surface area (TPSA) is 96.3 Å². The van der Waals surface area contributed by atoms with Crippen LogP contribution in [0.25, 0.3) is 0 Å². The summed E-state index contributed by atoms with van der Waals surface area (Å²) in [6, 6.07) is 15.1. The van der Waals surface area contributed by atoms with Crippen LogP contribution in [0.15, 0.2) is 48.5 Å². The van der Waals surface area contributed by atoms with Crippen LogP contribution in [0.5, 0.6) is 0 Å². The van der Waals surface area contributed by atoms with Gasteiger partial charge in [-0.1, -0.05) is 37.6 Å². The number of nitrogens with zero attached hydrogens (tertiary/aromatic N) is 1. The summed E-state index contributed by atoms with van der Waals surface area (Å²) in [5.74, 6) is -1.32. The standard InChI is InChI=1S/C22H22N2O4/c1-2-3-4-16-5-7-17(8-6-16)20(25)15-28-22(27)18-9-11-19(12-10-18)24-21(26)13-14-23/h5-12H,2-4,13,15H2,1H3,(H,24,26). The Labute approximate surface area is 164 Å². The van der Waals surface area contributed by atoms with Crippen molar-refractivity contribution < 1.29 is 19.1 Å². The van der Waals surface area contributed by atoms with Gasteiger partial charge in [-0.25, -0.2) is 4.79 Å². The Bertz CT molecular complexity index is 865. The summed E-state index contributed by atoms with van der Waals surface area (Å²) in [6.45, 7) is 1.79. The number of ether oxygens (including phenoxy) is 1. The summed E-state index contributed by atoms with van der Waals surface area (Å²) >= 11 is 0. The summed E-state index contributed by atoms with van der Waals surface area (Å²) in [5, 5.41) is 11.0. The Hall–Kier alpha value is -3.46. The largest absolute Gasteiger partial charge is 0.454 e. The summed E-state index contributed by atoms with van der Waals surface area (Å²) < 4.78 is 5.08. The highest BCUT2D eigenvalue weighted by Gasteiger charge is 2.12. The fourth-order valence-electron chi connectivity index (χ4n) is 2.50. The monoisotopic (exact) mass is 378 g/mol. The second-order valence-corrected chi connectivity index (χ2v) is 6.26. The number of nitrogens with one attached hydrogen (secondary N) is 1. The predicted molar refractivity (Wildman–Crippen MR) is 105 cm³/mol. The third-order valence-corrected chi connectivity index (χ3v) is 4.07. The van der Waals surface area contributed by atoms with Gasteiger partial charge in [0, 0.05) is 11.3 Å². The van der Waals surface area contributed by atoms with Crippen molar-refractivity contribution in [2.45, 2.75) is 32.6 Å². The van der Waals surface area contributed by atoms with Gasteiger partial charge in [0.25, 0.3) is 0 Å². The van der Waals surface area contributed by atoms with Crippen molar-refractivity contribution in [1.29, 1.82) is 5.26 Å². The number of carbonyl (C=O) groups excluding carboxylic acids is 3. The lowest BCUT2D eigenvalue weighted by Crippen LogP contribution is -2.14. The SMILES string of the molecule is CCCCc1ccc(C(=O)COC(=O)c2ccc(NC(=O)CC#N)cc2)cc1. The molecule has 0 atom stereocenters. The maximum absolute atomic E-state index is 12.2. The third-order valence-electron chi connectivity index (χ3n) is 4.07. The maximum atomic E-state index is 12.2. The van der Waals surface area contributed by atoms with Crippen molar-refractivity contribution in [3.05, 3.63) is 65.2 Å². The van der Waals surface area contributed by atoms with Crippen LogP contribution < -0.4 is 5.32 Å². The number of benzene rings is 2. The molecule has 0 aliphatic rings. The molecule has 28 heavy (non-hydrogen) atoms. The first kappa shape index (κ1) is 20.8. The molecular formula is C22H22N2O4. The molecule has 1 amide bonds. The second kappa shape index (κ2) is 10.6. The van der Waals surface area contributed by atoms with Gasteiger partial charge in [-0.05, 0) is 42.7 Å². The van der Waals surface area contributed by atoms with Gasteiger partial charge in [-0.15, -0.1) is 0 Å². The number of rotatable bonds is 9. The van der Waals surface area contributed by atoms with Crippen LogP contribution in [0.3, 0.4) is 0 Å². The Morgan fingerprint density at radius 3 is 2.25 bits per heavy atom. The molecule has 0 spiro atoms. The Kier molecular flexibility index (Phi) is 7.92. The first-order valence-corrected chi connectivity index (χ1v) is 9.09. The Morgan fingerprint density at radius 1 is 1.00 bits per heavy atom. The normalized spacial score (nSPS) is 10.0. The van der Waals surface area contributed by atoms with E-state index in [-0.39, 0.29) is 24.4 Å². The van der Waals surface area contributed by atoms with Gasteiger partial charge < -0.3 is 10.1 Å². The van der Waals surface area contributed by atoms with Crippen LogP contribution in [-0.2, 0) is 16.0 Å². The number of unbranched alkanes of at least 4 members (excludes halogenated alkanes) is 1. The van der Waals surface area contributed by atoms with Crippen molar-refractivity contribution >= 4 is 23.3 Å². The second-order valence-electron chi connectivity index (χ2n) is 6.26. The van der Waals surface area contributed by atoms with Crippen molar-refractivity contribution in [1.82, 2.24) is 0 Å². The van der Waals surface area contributed by atoms with Crippen LogP contribution in [0.2, 0.25) is 0 Å². The summed E-state index contributed by atoms with van der Waals surface area (Å²) in [7, 11) is 0. The fourth-order valence-corrected chi connectivity index (χ4v) is 2.50. The van der Waals surface area contributed by atoms with E-state index in [0.717, 1.165) is 19.3 Å². The van der Waals surface area contributed by atoms with E-state index in [0.29, 0.717) is 11.3 Å². The molecule has 0 fully saturated rings. The van der Waals surface area contributed by atoms with Gasteiger partial charge in [0.15, 0.2) is 12.4 Å². The van der Waals surface area contributed by atoms with Crippen LogP contribution >= 0.6 is 0 Å². The molecule has 2 aromatic carbocycles. The third kappa shape index (κ3) is 6.36. The van der Waals surface area contributed by atoms with Gasteiger partial charge >= 0.3 is 5.97 Å². The van der Waals surface area contributed by atoms with Gasteiger partial charge in [0.05, 0.1) is 11.6 Å². The highest BCUT2D eigenvalue weighted by molar-refractivity contribution is 5.99. The van der Waals surface area contributed by atoms with Gasteiger partial charge in [0.2, 0.25) is 5.91 Å². The zero-order valence-electron chi connectivity index (χ0n) is 15.7. The number of esters is 1. The minimum atomic E-state index is -0.622. The molecule has 0 bridgehead atoms. The molecule has 0 aliphatic heterocycles. The average Bonchev–Trinajstić information content (AvgIpc) is 2.71. The molecule has 6 nitrogen and oxygen atoms in total. The van der Waals surface area contributed by atoms with E-state index in [9.17, 15) is 14.4 Å². The number of amides is 1. The van der Waals surface area contributed by atoms with Crippen LogP contribution in [0.1, 0.15) is 52.5 Å². The van der Waals surface area contributed by atoms with E-state index < -0.39 is 11.9 Å². The lowest BCUT2D eigenvalue weighted by molar-refractivity contribution is -0.115. The molecular weight excluding hydrogens is 356 g/mol. The average molecular weight is 378 g/mol. The summed E-state index contributed by atoms with van der Waals surface area (Å²) in [4.78, 5) is 35.6. The molecule has 0 unspecified atom stereocenters. The molecule has 0 radical (unpaired) electrons. The van der Waals surface area contributed by atoms with Gasteiger partial charge in [-0.3, -0.25) is 9.59 Å². The predicted octanol–water partition coefficient (Wildman–Crippen LogP) is 3.92. The van der Waals surface area contributed by atoms with E-state index in [4.69, 9.17) is 10.00 Å². The number of Topliss-reactive ketones (excluding diaryl/α,β-unsaturated/α-hetero) is 1. The lowest BCUT2D eigenvalue weighted by Gasteiger charge is -2.07. The number of aryl methyl sites for hydroxylation is 1. The smallest absolute Gasteiger partial charge is 0.338 e. The van der Waals surface area contributed by atoms with E-state index in [2.05, 4.69) is 12.2 Å². The highest BCUT2D eigenvalue weighted by atomic mass is 16.5. The van der Waals surface area contributed by atoms with Crippen LogP contribution in [0.4, 0.5) is 5.69 Å². The number of hydrogen-bond donors (Lipinski definition) is 1. The Morgan fingerprint density at radius 2 is 1.64 bits per heavy atom. The molecule has 144 valence electrons. The Balaban J connectivity index is 1.86. The molecule has 6 heteroatoms. The first-order chi connectivity index (χ1) is 13.5. The zero-order chi connectivity index (χ0) is 20.4. The van der Waals surface area contributed by atoms with Gasteiger partial charge in [-0.2, -0.15) is 5.26 Å². The number of ketones is 1. The van der Waals surface area contributed by atoms with E-state index in [1.54, 1.807) is 18.2 Å². The van der Waals surface area contributed by atoms with E-state index in [1.807, 2.05) is 12.1 Å². The molecule has 2 aromatic rings. The van der Waals surface area contributed by atoms with Crippen molar-refractivity contribution in [2.24, 2.45) is 0 Å². The van der Waals surface area contributed by atoms with Crippen molar-refractivity contribution in [3.63, 3.8) is 0 Å².